The molecule has 0 aliphatic carbocycles. The van der Waals surface area contributed by atoms with Gasteiger partial charge in [0, 0.05) is 25.7 Å². The number of alkyl halides is 6. The number of piperazine rings is 1. The molecule has 2 unspecified atom stereocenters. The third-order valence-electron chi connectivity index (χ3n) is 5.75. The summed E-state index contributed by atoms with van der Waals surface area (Å²) in [6, 6.07) is 2.97. The summed E-state index contributed by atoms with van der Waals surface area (Å²) in [7, 11) is 0. The number of anilines is 2. The lowest BCUT2D eigenvalue weighted by Gasteiger charge is -2.44. The first kappa shape index (κ1) is 27.3. The summed E-state index contributed by atoms with van der Waals surface area (Å²) >= 11 is 0. The zero-order chi connectivity index (χ0) is 26.8. The van der Waals surface area contributed by atoms with Crippen LogP contribution in [0, 0.1) is 5.82 Å². The van der Waals surface area contributed by atoms with Gasteiger partial charge >= 0.3 is 24.4 Å². The molecule has 0 bridgehead atoms. The van der Waals surface area contributed by atoms with E-state index in [1.807, 2.05) is 0 Å². The lowest BCUT2D eigenvalue weighted by molar-refractivity contribution is -0.198. The quantitative estimate of drug-likeness (QED) is 0.415. The van der Waals surface area contributed by atoms with E-state index < -0.39 is 55.0 Å². The predicted octanol–water partition coefficient (Wildman–Crippen LogP) is 1.97. The average molecular weight is 529 g/mol. The fraction of sp³-hybridized carbons (Fsp3) is 0.550. The van der Waals surface area contributed by atoms with E-state index in [1.165, 1.54) is 24.0 Å². The summed E-state index contributed by atoms with van der Waals surface area (Å²) in [5, 5.41) is 3.36. The Morgan fingerprint density at radius 2 is 1.89 bits per heavy atom. The summed E-state index contributed by atoms with van der Waals surface area (Å²) in [6.07, 6.45) is -14.1. The van der Waals surface area contributed by atoms with Crippen LogP contribution in [0.3, 0.4) is 0 Å². The first-order valence-corrected chi connectivity index (χ1v) is 10.6. The molecule has 2 fully saturated rings. The lowest BCUT2D eigenvalue weighted by atomic mass is 10.1. The minimum absolute atomic E-state index is 0.0100. The van der Waals surface area contributed by atoms with Crippen molar-refractivity contribution in [3.8, 4) is 0 Å². The maximum Gasteiger partial charge on any atom is 0.471 e. The summed E-state index contributed by atoms with van der Waals surface area (Å²) in [4.78, 5) is 37.2. The number of halogens is 7. The van der Waals surface area contributed by atoms with Crippen LogP contribution in [0.4, 0.5) is 46.9 Å². The van der Waals surface area contributed by atoms with Crippen LogP contribution in [-0.4, -0.2) is 86.7 Å². The van der Waals surface area contributed by atoms with Crippen LogP contribution in [0.2, 0.25) is 0 Å². The zero-order valence-electron chi connectivity index (χ0n) is 18.7. The number of benzene rings is 1. The molecule has 36 heavy (non-hydrogen) atoms. The van der Waals surface area contributed by atoms with E-state index in [4.69, 9.17) is 4.74 Å². The third-order valence-corrected chi connectivity index (χ3v) is 5.75. The summed E-state index contributed by atoms with van der Waals surface area (Å²) < 4.78 is 96.6. The number of nitrogens with zero attached hydrogens (tertiary/aromatic N) is 3. The van der Waals surface area contributed by atoms with Gasteiger partial charge in [0.1, 0.15) is 11.9 Å². The van der Waals surface area contributed by atoms with Gasteiger partial charge in [-0.2, -0.15) is 26.3 Å². The molecule has 1 aromatic carbocycles. The average Bonchev–Trinajstić information content (AvgIpc) is 3.15. The highest BCUT2D eigenvalue weighted by Crippen LogP contribution is 2.31. The highest BCUT2D eigenvalue weighted by molar-refractivity contribution is 5.90. The first-order chi connectivity index (χ1) is 16.7. The van der Waals surface area contributed by atoms with Crippen molar-refractivity contribution in [1.82, 2.24) is 15.5 Å². The number of ether oxygens (including phenoxy) is 1. The lowest BCUT2D eigenvalue weighted by Crippen LogP contribution is -2.63. The van der Waals surface area contributed by atoms with Gasteiger partial charge in [-0.1, -0.05) is 0 Å². The Hall–Kier alpha value is -3.30. The van der Waals surface area contributed by atoms with Crippen LogP contribution in [-0.2, 0) is 14.3 Å². The Morgan fingerprint density at radius 3 is 2.44 bits per heavy atom. The second-order valence-electron chi connectivity index (χ2n) is 8.22. The van der Waals surface area contributed by atoms with Gasteiger partial charge in [0.05, 0.1) is 24.5 Å². The Kier molecular flexibility index (Phi) is 7.85. The molecule has 16 heteroatoms. The maximum absolute atomic E-state index is 14.9. The molecule has 0 radical (unpaired) electrons. The molecule has 2 N–H and O–H groups in total. The van der Waals surface area contributed by atoms with Crippen molar-refractivity contribution in [2.24, 2.45) is 0 Å². The SMILES string of the molecule is CC1CN(c2ccc(N3C[C@H](CNC(=O)C(F)(F)F)OC3=O)cc2F)CCN1C(NC=O)C(F)(F)F. The highest BCUT2D eigenvalue weighted by Gasteiger charge is 2.46. The molecule has 2 aliphatic rings. The molecule has 200 valence electrons. The number of rotatable bonds is 7. The van der Waals surface area contributed by atoms with Gasteiger partial charge in [0.15, 0.2) is 6.17 Å². The van der Waals surface area contributed by atoms with Crippen LogP contribution < -0.4 is 20.4 Å². The van der Waals surface area contributed by atoms with Gasteiger partial charge in [-0.25, -0.2) is 9.18 Å². The highest BCUT2D eigenvalue weighted by atomic mass is 19.4. The number of hydrogen-bond acceptors (Lipinski definition) is 6. The Labute approximate surface area is 200 Å². The van der Waals surface area contributed by atoms with E-state index in [0.717, 1.165) is 15.9 Å². The summed E-state index contributed by atoms with van der Waals surface area (Å²) in [6.45, 7) is 0.560. The van der Waals surface area contributed by atoms with Crippen LogP contribution in [0.15, 0.2) is 18.2 Å². The van der Waals surface area contributed by atoms with E-state index in [2.05, 4.69) is 0 Å². The zero-order valence-corrected chi connectivity index (χ0v) is 18.7. The minimum atomic E-state index is -5.09. The van der Waals surface area contributed by atoms with Crippen LogP contribution >= 0.6 is 0 Å². The minimum Gasteiger partial charge on any atom is -0.442 e. The molecule has 3 rings (SSSR count). The molecule has 2 aliphatic heterocycles. The number of amides is 3. The Morgan fingerprint density at radius 1 is 1.19 bits per heavy atom. The number of carbonyl (C=O) groups excluding carboxylic acids is 3. The van der Waals surface area contributed by atoms with Gasteiger partial charge in [-0.05, 0) is 25.1 Å². The molecule has 3 atom stereocenters. The van der Waals surface area contributed by atoms with Gasteiger partial charge in [-0.15, -0.1) is 0 Å². The van der Waals surface area contributed by atoms with E-state index in [1.54, 1.807) is 10.6 Å². The summed E-state index contributed by atoms with van der Waals surface area (Å²) in [5.41, 5.74) is 0.114. The molecule has 0 aromatic heterocycles. The van der Waals surface area contributed by atoms with E-state index in [0.29, 0.717) is 0 Å². The molecule has 2 heterocycles. The number of hydrogen-bond donors (Lipinski definition) is 2. The Balaban J connectivity index is 1.65. The van der Waals surface area contributed by atoms with Crippen molar-refractivity contribution in [2.75, 3.05) is 42.5 Å². The molecule has 2 saturated heterocycles. The standard InChI is InChI=1S/C20H22F7N5O4/c1-11-8-30(4-5-31(11)16(29-10-33)19(22,23)24)15-3-2-12(6-14(15)21)32-9-13(36-18(32)35)7-28-17(34)20(25,26)27/h2-3,6,10-11,13,16H,4-5,7-9H2,1H3,(H,28,34)(H,29,33)/t11?,13-,16?/m0/s1. The largest absolute Gasteiger partial charge is 0.471 e. The normalized spacial score (nSPS) is 22.3. The van der Waals surface area contributed by atoms with Crippen molar-refractivity contribution in [2.45, 2.75) is 37.6 Å². The van der Waals surface area contributed by atoms with E-state index >= 15 is 0 Å². The van der Waals surface area contributed by atoms with Gasteiger partial charge in [0.25, 0.3) is 0 Å². The van der Waals surface area contributed by atoms with Gasteiger partial charge < -0.3 is 20.3 Å². The molecule has 3 amide bonds. The number of nitrogens with one attached hydrogen (secondary N) is 2. The third kappa shape index (κ3) is 6.09. The summed E-state index contributed by atoms with van der Waals surface area (Å²) in [5.74, 6) is -2.97. The smallest absolute Gasteiger partial charge is 0.442 e. The first-order valence-electron chi connectivity index (χ1n) is 10.6. The van der Waals surface area contributed by atoms with Gasteiger partial charge in [-0.3, -0.25) is 19.4 Å². The second-order valence-corrected chi connectivity index (χ2v) is 8.22. The van der Waals surface area contributed by atoms with Crippen molar-refractivity contribution in [3.05, 3.63) is 24.0 Å². The van der Waals surface area contributed by atoms with Gasteiger partial charge in [0.2, 0.25) is 6.41 Å². The van der Waals surface area contributed by atoms with Crippen LogP contribution in [0.1, 0.15) is 6.92 Å². The molecular weight excluding hydrogens is 507 g/mol. The molecule has 9 nitrogen and oxygen atoms in total. The molecular formula is C20H22F7N5O4. The monoisotopic (exact) mass is 529 g/mol. The molecule has 1 aromatic rings. The van der Waals surface area contributed by atoms with Crippen molar-refractivity contribution >= 4 is 29.8 Å². The van der Waals surface area contributed by atoms with Crippen molar-refractivity contribution in [3.63, 3.8) is 0 Å². The Bertz CT molecular complexity index is 990. The fourth-order valence-corrected chi connectivity index (χ4v) is 4.08. The molecule has 0 saturated carbocycles. The van der Waals surface area contributed by atoms with Crippen LogP contribution in [0.25, 0.3) is 0 Å². The van der Waals surface area contributed by atoms with Crippen molar-refractivity contribution < 1.29 is 49.9 Å². The van der Waals surface area contributed by atoms with E-state index in [-0.39, 0.29) is 44.0 Å². The van der Waals surface area contributed by atoms with Crippen LogP contribution in [0.5, 0.6) is 0 Å². The second kappa shape index (κ2) is 10.4. The van der Waals surface area contributed by atoms with Crippen molar-refractivity contribution in [1.29, 1.82) is 0 Å². The predicted molar refractivity (Wildman–Crippen MR) is 111 cm³/mol. The molecule has 0 spiro atoms. The number of carbonyl (C=O) groups is 3. The topological polar surface area (TPSA) is 94.2 Å². The van der Waals surface area contributed by atoms with E-state index in [9.17, 15) is 45.1 Å². The maximum atomic E-state index is 14.9. The fourth-order valence-electron chi connectivity index (χ4n) is 4.08. The number of cyclic esters (lactones) is 1.